The van der Waals surface area contributed by atoms with E-state index >= 15 is 0 Å². The number of fused-ring (bicyclic) bond motifs is 1. The summed E-state index contributed by atoms with van der Waals surface area (Å²) in [5.41, 5.74) is 2.43. The van der Waals surface area contributed by atoms with Gasteiger partial charge in [-0.1, -0.05) is 6.07 Å². The summed E-state index contributed by atoms with van der Waals surface area (Å²) in [4.78, 5) is 13.4. The lowest BCUT2D eigenvalue weighted by molar-refractivity contribution is 0.355. The lowest BCUT2D eigenvalue weighted by Gasteiger charge is -2.11. The molecular weight excluding hydrogens is 266 g/mol. The molecule has 0 amide bonds. The minimum atomic E-state index is 0.604. The molecule has 0 aliphatic rings. The number of methoxy groups -OCH3 is 2. The maximum absolute atomic E-state index is 5.33. The average Bonchev–Trinajstić information content (AvgIpc) is 2.54. The van der Waals surface area contributed by atoms with Crippen LogP contribution in [0.3, 0.4) is 0 Å². The smallest absolute Gasteiger partial charge is 0.178 e. The van der Waals surface area contributed by atoms with Crippen molar-refractivity contribution in [3.63, 3.8) is 0 Å². The van der Waals surface area contributed by atoms with Crippen LogP contribution in [0.25, 0.3) is 22.4 Å². The minimum absolute atomic E-state index is 0.604. The molecule has 0 fully saturated rings. The van der Waals surface area contributed by atoms with Crippen LogP contribution in [0.2, 0.25) is 0 Å². The van der Waals surface area contributed by atoms with Crippen molar-refractivity contribution >= 4 is 10.9 Å². The molecule has 0 aliphatic carbocycles. The fraction of sp³-hybridized carbons (Fsp3) is 0.188. The van der Waals surface area contributed by atoms with Gasteiger partial charge in [-0.05, 0) is 25.1 Å². The van der Waals surface area contributed by atoms with Gasteiger partial charge in [0.1, 0.15) is 5.69 Å². The molecule has 2 aromatic heterocycles. The first kappa shape index (κ1) is 13.3. The summed E-state index contributed by atoms with van der Waals surface area (Å²) in [7, 11) is 3.22. The standard InChI is InChI=1S/C16H15N3O2/c1-10-11-8-14(20-2)15(21-3)9-13(11)19-16(18-10)12-6-4-5-7-17-12/h4-9H,1-3H3. The number of hydrogen-bond acceptors (Lipinski definition) is 5. The highest BCUT2D eigenvalue weighted by Crippen LogP contribution is 2.33. The summed E-state index contributed by atoms with van der Waals surface area (Å²) >= 11 is 0. The van der Waals surface area contributed by atoms with E-state index in [1.165, 1.54) is 0 Å². The van der Waals surface area contributed by atoms with E-state index < -0.39 is 0 Å². The molecule has 5 heteroatoms. The summed E-state index contributed by atoms with van der Waals surface area (Å²) in [6.45, 7) is 1.95. The zero-order valence-corrected chi connectivity index (χ0v) is 12.1. The molecule has 21 heavy (non-hydrogen) atoms. The highest BCUT2D eigenvalue weighted by molar-refractivity contribution is 5.85. The summed E-state index contributed by atoms with van der Waals surface area (Å²) in [6, 6.07) is 9.42. The highest BCUT2D eigenvalue weighted by atomic mass is 16.5. The Kier molecular flexibility index (Phi) is 3.39. The second-order valence-corrected chi connectivity index (χ2v) is 4.57. The predicted molar refractivity (Wildman–Crippen MR) is 80.6 cm³/mol. The van der Waals surface area contributed by atoms with Crippen molar-refractivity contribution in [3.8, 4) is 23.0 Å². The second kappa shape index (κ2) is 5.36. The molecule has 106 valence electrons. The fourth-order valence-corrected chi connectivity index (χ4v) is 2.22. The summed E-state index contributed by atoms with van der Waals surface area (Å²) in [6.07, 6.45) is 1.73. The van der Waals surface area contributed by atoms with Gasteiger partial charge < -0.3 is 9.47 Å². The Morgan fingerprint density at radius 2 is 1.71 bits per heavy atom. The van der Waals surface area contributed by atoms with Crippen LogP contribution in [0.5, 0.6) is 11.5 Å². The lowest BCUT2D eigenvalue weighted by Crippen LogP contribution is -1.98. The molecule has 3 rings (SSSR count). The van der Waals surface area contributed by atoms with Gasteiger partial charge in [0.15, 0.2) is 17.3 Å². The molecule has 1 aromatic carbocycles. The van der Waals surface area contributed by atoms with Gasteiger partial charge in [0.05, 0.1) is 19.7 Å². The van der Waals surface area contributed by atoms with Crippen molar-refractivity contribution < 1.29 is 9.47 Å². The number of aromatic nitrogens is 3. The molecule has 0 aliphatic heterocycles. The van der Waals surface area contributed by atoms with E-state index in [2.05, 4.69) is 15.0 Å². The monoisotopic (exact) mass is 281 g/mol. The maximum Gasteiger partial charge on any atom is 0.178 e. The lowest BCUT2D eigenvalue weighted by atomic mass is 10.1. The number of nitrogens with zero attached hydrogens (tertiary/aromatic N) is 3. The second-order valence-electron chi connectivity index (χ2n) is 4.57. The first-order valence-electron chi connectivity index (χ1n) is 6.54. The van der Waals surface area contributed by atoms with Crippen LogP contribution in [-0.4, -0.2) is 29.2 Å². The van der Waals surface area contributed by atoms with Crippen LogP contribution in [0, 0.1) is 6.92 Å². The average molecular weight is 281 g/mol. The zero-order valence-electron chi connectivity index (χ0n) is 12.1. The van der Waals surface area contributed by atoms with E-state index in [1.807, 2.05) is 37.3 Å². The molecule has 5 nitrogen and oxygen atoms in total. The first-order chi connectivity index (χ1) is 10.2. The number of rotatable bonds is 3. The van der Waals surface area contributed by atoms with Crippen LogP contribution in [0.4, 0.5) is 0 Å². The Labute approximate surface area is 122 Å². The third kappa shape index (κ3) is 2.38. The van der Waals surface area contributed by atoms with Crippen molar-refractivity contribution in [1.29, 1.82) is 0 Å². The number of ether oxygens (including phenoxy) is 2. The van der Waals surface area contributed by atoms with Gasteiger partial charge >= 0.3 is 0 Å². The van der Waals surface area contributed by atoms with Crippen LogP contribution in [0.1, 0.15) is 5.69 Å². The van der Waals surface area contributed by atoms with Crippen molar-refractivity contribution in [2.45, 2.75) is 6.92 Å². The molecule has 0 saturated heterocycles. The van der Waals surface area contributed by atoms with E-state index in [-0.39, 0.29) is 0 Å². The molecule has 0 radical (unpaired) electrons. The third-order valence-electron chi connectivity index (χ3n) is 3.29. The van der Waals surface area contributed by atoms with Crippen molar-refractivity contribution in [3.05, 3.63) is 42.2 Å². The minimum Gasteiger partial charge on any atom is -0.493 e. The molecule has 3 aromatic rings. The van der Waals surface area contributed by atoms with Gasteiger partial charge in [-0.15, -0.1) is 0 Å². The van der Waals surface area contributed by atoms with Gasteiger partial charge in [-0.25, -0.2) is 9.97 Å². The quantitative estimate of drug-likeness (QED) is 0.738. The summed E-state index contributed by atoms with van der Waals surface area (Å²) in [5, 5.41) is 0.937. The highest BCUT2D eigenvalue weighted by Gasteiger charge is 2.12. The normalized spacial score (nSPS) is 10.6. The van der Waals surface area contributed by atoms with Crippen molar-refractivity contribution in [2.75, 3.05) is 14.2 Å². The summed E-state index contributed by atoms with van der Waals surface area (Å²) < 4.78 is 10.7. The van der Waals surface area contributed by atoms with Gasteiger partial charge in [0, 0.05) is 23.3 Å². The Hall–Kier alpha value is -2.69. The van der Waals surface area contributed by atoms with Gasteiger partial charge in [0.2, 0.25) is 0 Å². The van der Waals surface area contributed by atoms with Crippen LogP contribution < -0.4 is 9.47 Å². The van der Waals surface area contributed by atoms with Crippen LogP contribution >= 0.6 is 0 Å². The summed E-state index contributed by atoms with van der Waals surface area (Å²) in [5.74, 6) is 1.92. The van der Waals surface area contributed by atoms with Gasteiger partial charge in [-0.2, -0.15) is 0 Å². The molecule has 0 N–H and O–H groups in total. The van der Waals surface area contributed by atoms with E-state index in [0.29, 0.717) is 17.3 Å². The first-order valence-corrected chi connectivity index (χ1v) is 6.54. The van der Waals surface area contributed by atoms with Gasteiger partial charge in [0.25, 0.3) is 0 Å². The third-order valence-corrected chi connectivity index (χ3v) is 3.29. The number of aryl methyl sites for hydroxylation is 1. The van der Waals surface area contributed by atoms with E-state index in [1.54, 1.807) is 20.4 Å². The van der Waals surface area contributed by atoms with E-state index in [0.717, 1.165) is 22.3 Å². The molecule has 0 spiro atoms. The topological polar surface area (TPSA) is 57.1 Å². The maximum atomic E-state index is 5.33. The van der Waals surface area contributed by atoms with E-state index in [9.17, 15) is 0 Å². The number of pyridine rings is 1. The fourth-order valence-electron chi connectivity index (χ4n) is 2.22. The molecule has 0 atom stereocenters. The van der Waals surface area contributed by atoms with Crippen molar-refractivity contribution in [1.82, 2.24) is 15.0 Å². The van der Waals surface area contributed by atoms with Gasteiger partial charge in [-0.3, -0.25) is 4.98 Å². The zero-order chi connectivity index (χ0) is 14.8. The Bertz CT molecular complexity index is 788. The predicted octanol–water partition coefficient (Wildman–Crippen LogP) is 3.02. The number of hydrogen-bond donors (Lipinski definition) is 0. The molecule has 0 saturated carbocycles. The SMILES string of the molecule is COc1cc2nc(-c3ccccn3)nc(C)c2cc1OC. The van der Waals surface area contributed by atoms with Crippen LogP contribution in [0.15, 0.2) is 36.5 Å². The largest absolute Gasteiger partial charge is 0.493 e. The molecule has 0 unspecified atom stereocenters. The molecule has 0 bridgehead atoms. The Morgan fingerprint density at radius 1 is 0.952 bits per heavy atom. The van der Waals surface area contributed by atoms with Crippen LogP contribution in [-0.2, 0) is 0 Å². The Balaban J connectivity index is 2.24. The molecular formula is C16H15N3O2. The van der Waals surface area contributed by atoms with E-state index in [4.69, 9.17) is 9.47 Å². The molecule has 2 heterocycles. The van der Waals surface area contributed by atoms with Crippen molar-refractivity contribution in [2.24, 2.45) is 0 Å². The Morgan fingerprint density at radius 3 is 2.38 bits per heavy atom. The number of benzene rings is 1.